The van der Waals surface area contributed by atoms with Gasteiger partial charge in [0.1, 0.15) is 0 Å². The Morgan fingerprint density at radius 1 is 0.202 bits per heavy atom. The third-order valence-corrected chi connectivity index (χ3v) is 19.1. The molecule has 0 saturated heterocycles. The highest BCUT2D eigenvalue weighted by Crippen LogP contribution is 2.41. The smallest absolute Gasteiger partial charge is 0.160 e. The van der Waals surface area contributed by atoms with Gasteiger partial charge in [0.2, 0.25) is 0 Å². The van der Waals surface area contributed by atoms with E-state index in [-0.39, 0.29) is 0 Å². The molecule has 0 amide bonds. The minimum absolute atomic E-state index is 0.581. The molecule has 0 bridgehead atoms. The zero-order chi connectivity index (χ0) is 69.5. The van der Waals surface area contributed by atoms with E-state index < -0.39 is 0 Å². The monoisotopic (exact) mass is 1330 g/mol. The number of hydrogen-bond donors (Lipinski definition) is 0. The second-order valence-corrected chi connectivity index (χ2v) is 25.4. The molecule has 18 rings (SSSR count). The number of aromatic nitrogens is 9. The van der Waals surface area contributed by atoms with Crippen LogP contribution >= 0.6 is 0 Å². The van der Waals surface area contributed by atoms with Crippen LogP contribution in [0.25, 0.3) is 190 Å². The van der Waals surface area contributed by atoms with Crippen molar-refractivity contribution in [2.45, 2.75) is 0 Å². The summed E-state index contributed by atoms with van der Waals surface area (Å²) in [5.41, 5.74) is 25.4. The molecule has 13 aromatic carbocycles. The van der Waals surface area contributed by atoms with E-state index in [0.717, 1.165) is 173 Å². The number of hydrogen-bond acceptors (Lipinski definition) is 11. The van der Waals surface area contributed by atoms with Gasteiger partial charge in [-0.25, -0.2) is 39.9 Å². The maximum atomic E-state index is 10.2. The van der Waals surface area contributed by atoms with Crippen LogP contribution in [0, 0.1) is 22.7 Å². The molecule has 482 valence electrons. The van der Waals surface area contributed by atoms with Crippen molar-refractivity contribution in [2.75, 3.05) is 0 Å². The highest BCUT2D eigenvalue weighted by molar-refractivity contribution is 6.04. The summed E-state index contributed by atoms with van der Waals surface area (Å²) >= 11 is 0. The highest BCUT2D eigenvalue weighted by Gasteiger charge is 2.22. The zero-order valence-electron chi connectivity index (χ0n) is 55.7. The van der Waals surface area contributed by atoms with Gasteiger partial charge in [-0.05, 0) is 82.1 Å². The van der Waals surface area contributed by atoms with E-state index in [4.69, 9.17) is 44.9 Å². The van der Waals surface area contributed by atoms with Crippen LogP contribution in [0.5, 0.6) is 0 Å². The van der Waals surface area contributed by atoms with Crippen molar-refractivity contribution < 1.29 is 0 Å². The Bertz CT molecular complexity index is 6380. The van der Waals surface area contributed by atoms with E-state index in [2.05, 4.69) is 164 Å². The molecule has 0 aliphatic rings. The lowest BCUT2D eigenvalue weighted by atomic mass is 9.94. The molecule has 0 unspecified atom stereocenters. The molecule has 11 heteroatoms. The van der Waals surface area contributed by atoms with Gasteiger partial charge in [-0.3, -0.25) is 4.98 Å². The van der Waals surface area contributed by atoms with Gasteiger partial charge in [-0.2, -0.15) is 10.5 Å². The number of pyridine rings is 1. The van der Waals surface area contributed by atoms with Crippen LogP contribution in [0.3, 0.4) is 0 Å². The van der Waals surface area contributed by atoms with E-state index in [0.29, 0.717) is 28.5 Å². The van der Waals surface area contributed by atoms with Crippen molar-refractivity contribution in [2.24, 2.45) is 0 Å². The Balaban J connectivity index is 0.638. The lowest BCUT2D eigenvalue weighted by Crippen LogP contribution is -1.98. The minimum Gasteiger partial charge on any atom is -0.256 e. The molecule has 0 aliphatic heterocycles. The van der Waals surface area contributed by atoms with Crippen molar-refractivity contribution in [1.82, 2.24) is 44.9 Å². The summed E-state index contributed by atoms with van der Waals surface area (Å²) in [5.74, 6) is 1.23. The first-order valence-corrected chi connectivity index (χ1v) is 34.2. The summed E-state index contributed by atoms with van der Waals surface area (Å²) < 4.78 is 0. The number of nitriles is 2. The third kappa shape index (κ3) is 11.8. The van der Waals surface area contributed by atoms with Gasteiger partial charge in [0, 0.05) is 83.7 Å². The van der Waals surface area contributed by atoms with E-state index >= 15 is 0 Å². The molecule has 0 fully saturated rings. The normalized spacial score (nSPS) is 11.2. The predicted octanol–water partition coefficient (Wildman–Crippen LogP) is 22.3. The maximum Gasteiger partial charge on any atom is 0.160 e. The average Bonchev–Trinajstić information content (AvgIpc) is 0.762. The van der Waals surface area contributed by atoms with Crippen LogP contribution in [0.1, 0.15) is 11.1 Å². The van der Waals surface area contributed by atoms with Gasteiger partial charge in [0.25, 0.3) is 0 Å². The quantitative estimate of drug-likeness (QED) is 0.108. The number of fused-ring (bicyclic) bond motifs is 4. The highest BCUT2D eigenvalue weighted by atomic mass is 14.9. The van der Waals surface area contributed by atoms with Gasteiger partial charge < -0.3 is 0 Å². The predicted molar refractivity (Wildman–Crippen MR) is 417 cm³/mol. The lowest BCUT2D eigenvalue weighted by Gasteiger charge is -2.14. The Hall–Kier alpha value is -14.7. The van der Waals surface area contributed by atoms with Crippen LogP contribution in [0.15, 0.2) is 334 Å². The molecule has 11 nitrogen and oxygen atoms in total. The Kier molecular flexibility index (Phi) is 15.7. The third-order valence-electron chi connectivity index (χ3n) is 19.1. The summed E-state index contributed by atoms with van der Waals surface area (Å²) in [6.07, 6.45) is 1.91. The van der Waals surface area contributed by atoms with E-state index in [1.165, 1.54) is 0 Å². The number of nitrogens with zero attached hydrogens (tertiary/aromatic N) is 11. The second kappa shape index (κ2) is 26.5. The largest absolute Gasteiger partial charge is 0.256 e. The van der Waals surface area contributed by atoms with Crippen LogP contribution in [-0.2, 0) is 0 Å². The summed E-state index contributed by atoms with van der Waals surface area (Å²) in [6, 6.07) is 115. The summed E-state index contributed by atoms with van der Waals surface area (Å²) in [6.45, 7) is 0. The van der Waals surface area contributed by atoms with Gasteiger partial charge in [-0.15, -0.1) is 0 Å². The Morgan fingerprint density at radius 2 is 0.529 bits per heavy atom. The van der Waals surface area contributed by atoms with Crippen molar-refractivity contribution in [3.8, 4) is 158 Å². The first-order valence-electron chi connectivity index (χ1n) is 34.2. The molecule has 0 spiro atoms. The molecule has 5 heterocycles. The van der Waals surface area contributed by atoms with E-state index in [1.807, 2.05) is 182 Å². The maximum absolute atomic E-state index is 10.2. The molecule has 0 N–H and O–H groups in total. The van der Waals surface area contributed by atoms with Gasteiger partial charge in [-0.1, -0.05) is 273 Å². The molecule has 0 atom stereocenters. The fraction of sp³-hybridized carbons (Fsp3) is 0. The summed E-state index contributed by atoms with van der Waals surface area (Å²) in [5, 5.41) is 23.8. The SMILES string of the molecule is N#Cc1ccc(-c2nc3ccccc3nc2-c2ccc(-c3nc(-c4ccccc4)cc(-c4ccc(-c5ccc(-c6ccc7nc(-c8ccc(C#N)c9ccccc89)c(-c8ccc(-c9ccc(-c%10nc(-c%11ccccc%11)cc(-c%11ccccc%11)n%10)cc9)cc8)nc7c6)cn5)cc4)n3)cc2)c2ccccc12. The van der Waals surface area contributed by atoms with E-state index in [1.54, 1.807) is 0 Å². The molecule has 0 saturated carbocycles. The number of para-hydroxylation sites is 2. The minimum atomic E-state index is 0.581. The fourth-order valence-corrected chi connectivity index (χ4v) is 13.7. The summed E-state index contributed by atoms with van der Waals surface area (Å²) in [7, 11) is 0. The van der Waals surface area contributed by atoms with Crippen molar-refractivity contribution in [3.05, 3.63) is 345 Å². The molecular formula is C93H55N11. The van der Waals surface area contributed by atoms with E-state index in [9.17, 15) is 10.5 Å². The first-order chi connectivity index (χ1) is 51.4. The Labute approximate surface area is 598 Å². The molecule has 5 aromatic heterocycles. The first kappa shape index (κ1) is 61.7. The fourth-order valence-electron chi connectivity index (χ4n) is 13.7. The van der Waals surface area contributed by atoms with Crippen molar-refractivity contribution in [3.63, 3.8) is 0 Å². The molecule has 0 radical (unpaired) electrons. The van der Waals surface area contributed by atoms with Crippen LogP contribution in [0.2, 0.25) is 0 Å². The van der Waals surface area contributed by atoms with Crippen molar-refractivity contribution >= 4 is 43.6 Å². The Morgan fingerprint density at radius 3 is 0.952 bits per heavy atom. The van der Waals surface area contributed by atoms with Gasteiger partial charge >= 0.3 is 0 Å². The molecule has 0 aliphatic carbocycles. The lowest BCUT2D eigenvalue weighted by molar-refractivity contribution is 1.18. The molecule has 18 aromatic rings. The average molecular weight is 1330 g/mol. The molecule has 104 heavy (non-hydrogen) atoms. The number of rotatable bonds is 13. The van der Waals surface area contributed by atoms with Crippen LogP contribution in [-0.4, -0.2) is 44.9 Å². The van der Waals surface area contributed by atoms with Gasteiger partial charge in [0.15, 0.2) is 11.6 Å². The van der Waals surface area contributed by atoms with Crippen molar-refractivity contribution in [1.29, 1.82) is 10.5 Å². The van der Waals surface area contributed by atoms with Crippen LogP contribution < -0.4 is 0 Å². The number of benzene rings is 13. The second-order valence-electron chi connectivity index (χ2n) is 25.4. The molecular weight excluding hydrogens is 1270 g/mol. The zero-order valence-corrected chi connectivity index (χ0v) is 55.7. The standard InChI is InChI=1S/C93H55N11/c94-55-70-44-48-77(75-24-12-10-22-73(70)75)90-88(97-80-26-14-15-27-81(80)98-90)66-38-42-68(43-39-66)93-103-85(62-20-8-3-9-21-62)54-86(104-93)64-34-32-63(33-35-64)79-50-47-72(57-96-79)69-46-51-82-87(52-69)100-89(91(99-82)78-49-45-71(56-95)74-23-11-13-25-76(74)78)65-36-28-58(29-37-65)59-30-40-67(41-31-59)92-101-83(60-16-4-1-5-17-60)53-84(102-92)61-18-6-2-7-19-61/h1-54,57H. The van der Waals surface area contributed by atoms with Gasteiger partial charge in [0.05, 0.1) is 96.6 Å². The van der Waals surface area contributed by atoms with Crippen LogP contribution in [0.4, 0.5) is 0 Å². The topological polar surface area (TPSA) is 164 Å². The summed E-state index contributed by atoms with van der Waals surface area (Å²) in [4.78, 5) is 46.9.